The van der Waals surface area contributed by atoms with Crippen molar-refractivity contribution in [3.05, 3.63) is 52.8 Å². The second kappa shape index (κ2) is 6.86. The number of nitro groups is 1. The Morgan fingerprint density at radius 1 is 1.11 bits per heavy atom. The number of nitrogens with one attached hydrogen (secondary N) is 1. The van der Waals surface area contributed by atoms with E-state index < -0.39 is 4.92 Å². The number of urea groups is 1. The number of nitrogens with zero attached hydrogens (tertiary/aromatic N) is 7. The number of amides is 2. The van der Waals surface area contributed by atoms with E-state index in [-0.39, 0.29) is 17.4 Å². The van der Waals surface area contributed by atoms with Crippen molar-refractivity contribution in [1.29, 1.82) is 0 Å². The highest BCUT2D eigenvalue weighted by atomic mass is 16.6. The molecule has 1 N–H and O–H groups in total. The van der Waals surface area contributed by atoms with Gasteiger partial charge in [-0.1, -0.05) is 12.1 Å². The predicted octanol–water partition coefficient (Wildman–Crippen LogP) is 1.39. The lowest BCUT2D eigenvalue weighted by atomic mass is 10.2. The van der Waals surface area contributed by atoms with Crippen LogP contribution in [0, 0.1) is 10.1 Å². The van der Waals surface area contributed by atoms with Crippen molar-refractivity contribution >= 4 is 28.9 Å². The van der Waals surface area contributed by atoms with Crippen LogP contribution in [0.4, 0.5) is 22.0 Å². The number of para-hydroxylation sites is 2. The maximum Gasteiger partial charge on any atom is 0.322 e. The number of aromatic nitrogens is 4. The van der Waals surface area contributed by atoms with Crippen LogP contribution >= 0.6 is 0 Å². The summed E-state index contributed by atoms with van der Waals surface area (Å²) in [5.41, 5.74) is 0.729. The monoisotopic (exact) mass is 368 g/mol. The third-order valence-corrected chi connectivity index (χ3v) is 4.38. The Balaban J connectivity index is 1.40. The van der Waals surface area contributed by atoms with Gasteiger partial charge < -0.3 is 15.1 Å². The summed E-state index contributed by atoms with van der Waals surface area (Å²) in [6.45, 7) is 2.17. The third kappa shape index (κ3) is 3.34. The third-order valence-electron chi connectivity index (χ3n) is 4.38. The van der Waals surface area contributed by atoms with Crippen LogP contribution in [0.2, 0.25) is 0 Å². The average molecular weight is 368 g/mol. The summed E-state index contributed by atoms with van der Waals surface area (Å²) in [4.78, 5) is 26.7. The number of rotatable bonds is 3. The Labute approximate surface area is 153 Å². The number of benzene rings is 1. The molecule has 11 heteroatoms. The number of anilines is 2. The summed E-state index contributed by atoms with van der Waals surface area (Å²) in [6, 6.07) is 9.44. The van der Waals surface area contributed by atoms with Crippen molar-refractivity contribution in [3.8, 4) is 0 Å². The number of carbonyl (C=O) groups is 1. The fourth-order valence-corrected chi connectivity index (χ4v) is 2.96. The van der Waals surface area contributed by atoms with Gasteiger partial charge in [0.2, 0.25) is 0 Å². The van der Waals surface area contributed by atoms with Crippen molar-refractivity contribution < 1.29 is 9.72 Å². The quantitative estimate of drug-likeness (QED) is 0.547. The molecule has 27 heavy (non-hydrogen) atoms. The van der Waals surface area contributed by atoms with Gasteiger partial charge in [-0.15, -0.1) is 15.3 Å². The zero-order valence-electron chi connectivity index (χ0n) is 14.2. The number of nitro benzene ring substituents is 1. The summed E-state index contributed by atoms with van der Waals surface area (Å²) < 4.78 is 1.60. The molecule has 1 aliphatic rings. The SMILES string of the molecule is O=C(Nc1ccccc1[N+](=O)[O-])N1CCN(c2ccc3nncn3n2)CC1. The van der Waals surface area contributed by atoms with Crippen LogP contribution in [-0.2, 0) is 0 Å². The first-order chi connectivity index (χ1) is 13.1. The molecule has 2 aromatic heterocycles. The van der Waals surface area contributed by atoms with E-state index in [4.69, 9.17) is 0 Å². The van der Waals surface area contributed by atoms with Crippen LogP contribution in [0.3, 0.4) is 0 Å². The van der Waals surface area contributed by atoms with Gasteiger partial charge in [-0.25, -0.2) is 4.79 Å². The van der Waals surface area contributed by atoms with Gasteiger partial charge >= 0.3 is 6.03 Å². The average Bonchev–Trinajstić information content (AvgIpc) is 3.16. The van der Waals surface area contributed by atoms with Gasteiger partial charge in [0.15, 0.2) is 5.65 Å². The molecular formula is C16H16N8O3. The van der Waals surface area contributed by atoms with Crippen LogP contribution in [-0.4, -0.2) is 61.8 Å². The van der Waals surface area contributed by atoms with Gasteiger partial charge in [0.05, 0.1) is 4.92 Å². The van der Waals surface area contributed by atoms with Gasteiger partial charge in [-0.05, 0) is 18.2 Å². The second-order valence-corrected chi connectivity index (χ2v) is 6.00. The van der Waals surface area contributed by atoms with Gasteiger partial charge in [-0.2, -0.15) is 4.52 Å². The second-order valence-electron chi connectivity index (χ2n) is 6.00. The summed E-state index contributed by atoms with van der Waals surface area (Å²) in [5.74, 6) is 0.779. The van der Waals surface area contributed by atoms with Crippen molar-refractivity contribution in [3.63, 3.8) is 0 Å². The first-order valence-corrected chi connectivity index (χ1v) is 8.33. The van der Waals surface area contributed by atoms with Crippen LogP contribution in [0.15, 0.2) is 42.7 Å². The molecule has 0 unspecified atom stereocenters. The van der Waals surface area contributed by atoms with E-state index in [1.165, 1.54) is 18.5 Å². The molecule has 2 amide bonds. The molecule has 1 aliphatic heterocycles. The zero-order valence-corrected chi connectivity index (χ0v) is 14.2. The Hall–Kier alpha value is -3.76. The smallest absolute Gasteiger partial charge is 0.322 e. The molecule has 4 rings (SSSR count). The highest BCUT2D eigenvalue weighted by Crippen LogP contribution is 2.24. The molecular weight excluding hydrogens is 352 g/mol. The lowest BCUT2D eigenvalue weighted by Crippen LogP contribution is -2.50. The molecule has 1 fully saturated rings. The van der Waals surface area contributed by atoms with Gasteiger partial charge in [0.25, 0.3) is 5.69 Å². The lowest BCUT2D eigenvalue weighted by molar-refractivity contribution is -0.383. The largest absolute Gasteiger partial charge is 0.352 e. The molecule has 11 nitrogen and oxygen atoms in total. The zero-order chi connectivity index (χ0) is 18.8. The van der Waals surface area contributed by atoms with E-state index >= 15 is 0 Å². The number of piperazine rings is 1. The summed E-state index contributed by atoms with van der Waals surface area (Å²) >= 11 is 0. The molecule has 0 saturated carbocycles. The molecule has 0 aliphatic carbocycles. The molecule has 3 heterocycles. The fraction of sp³-hybridized carbons (Fsp3) is 0.250. The highest BCUT2D eigenvalue weighted by Gasteiger charge is 2.24. The number of hydrogen-bond donors (Lipinski definition) is 1. The van der Waals surface area contributed by atoms with Crippen LogP contribution in [0.25, 0.3) is 5.65 Å². The maximum atomic E-state index is 12.5. The topological polar surface area (TPSA) is 122 Å². The minimum absolute atomic E-state index is 0.129. The first-order valence-electron chi connectivity index (χ1n) is 8.33. The van der Waals surface area contributed by atoms with E-state index in [0.717, 1.165) is 5.82 Å². The van der Waals surface area contributed by atoms with Crippen molar-refractivity contribution in [2.24, 2.45) is 0 Å². The van der Waals surface area contributed by atoms with E-state index in [1.54, 1.807) is 21.5 Å². The molecule has 0 radical (unpaired) electrons. The van der Waals surface area contributed by atoms with E-state index in [1.807, 2.05) is 12.1 Å². The minimum Gasteiger partial charge on any atom is -0.352 e. The van der Waals surface area contributed by atoms with Crippen molar-refractivity contribution in [2.75, 3.05) is 36.4 Å². The molecule has 1 saturated heterocycles. The fourth-order valence-electron chi connectivity index (χ4n) is 2.96. The van der Waals surface area contributed by atoms with E-state index in [0.29, 0.717) is 31.8 Å². The molecule has 0 bridgehead atoms. The molecule has 1 aromatic carbocycles. The van der Waals surface area contributed by atoms with E-state index in [2.05, 4.69) is 25.5 Å². The summed E-state index contributed by atoms with van der Waals surface area (Å²) in [5, 5.41) is 25.9. The number of hydrogen-bond acceptors (Lipinski definition) is 7. The van der Waals surface area contributed by atoms with Gasteiger partial charge in [0, 0.05) is 32.2 Å². The molecule has 3 aromatic rings. The predicted molar refractivity (Wildman–Crippen MR) is 96.7 cm³/mol. The summed E-state index contributed by atoms with van der Waals surface area (Å²) in [7, 11) is 0. The van der Waals surface area contributed by atoms with Crippen LogP contribution < -0.4 is 10.2 Å². The van der Waals surface area contributed by atoms with E-state index in [9.17, 15) is 14.9 Å². The molecule has 0 atom stereocenters. The Morgan fingerprint density at radius 2 is 1.89 bits per heavy atom. The van der Waals surface area contributed by atoms with Crippen LogP contribution in [0.5, 0.6) is 0 Å². The van der Waals surface area contributed by atoms with Crippen molar-refractivity contribution in [2.45, 2.75) is 0 Å². The molecule has 0 spiro atoms. The minimum atomic E-state index is -0.514. The Kier molecular flexibility index (Phi) is 4.24. The van der Waals surface area contributed by atoms with Gasteiger partial charge in [0.1, 0.15) is 17.8 Å². The highest BCUT2D eigenvalue weighted by molar-refractivity contribution is 5.92. The van der Waals surface area contributed by atoms with Crippen LogP contribution in [0.1, 0.15) is 0 Å². The maximum absolute atomic E-state index is 12.5. The summed E-state index contributed by atoms with van der Waals surface area (Å²) in [6.07, 6.45) is 1.54. The van der Waals surface area contributed by atoms with Crippen molar-refractivity contribution in [1.82, 2.24) is 24.7 Å². The van der Waals surface area contributed by atoms with Gasteiger partial charge in [-0.3, -0.25) is 10.1 Å². The standard InChI is InChI=1S/C16H16N8O3/c25-16(18-12-3-1-2-4-13(12)24(26)27)22-9-7-21(8-10-22)15-6-5-14-19-17-11-23(14)20-15/h1-6,11H,7-10H2,(H,18,25). The lowest BCUT2D eigenvalue weighted by Gasteiger charge is -2.35. The Bertz CT molecular complexity index is 996. The normalized spacial score (nSPS) is 14.4. The molecule has 138 valence electrons. The first kappa shape index (κ1) is 16.7. The number of fused-ring (bicyclic) bond motifs is 1. The number of carbonyl (C=O) groups excluding carboxylic acids is 1. The Morgan fingerprint density at radius 3 is 2.67 bits per heavy atom.